The van der Waals surface area contributed by atoms with Gasteiger partial charge in [-0.2, -0.15) is 0 Å². The number of carbonyl (C=O) groups is 1. The number of ketones is 1. The Kier molecular flexibility index (Phi) is 3.05. The number of nitrogens with zero attached hydrogens (tertiary/aromatic N) is 2. The molecular weight excluding hydrogens is 224 g/mol. The first-order valence-corrected chi connectivity index (χ1v) is 6.56. The van der Waals surface area contributed by atoms with Crippen molar-refractivity contribution in [1.29, 1.82) is 0 Å². The molecule has 0 N–H and O–H groups in total. The molecule has 3 nitrogen and oxygen atoms in total. The Balaban J connectivity index is 1.92. The summed E-state index contributed by atoms with van der Waals surface area (Å²) in [6.07, 6.45) is 8.41. The highest BCUT2D eigenvalue weighted by Crippen LogP contribution is 2.26. The van der Waals surface area contributed by atoms with Crippen LogP contribution >= 0.6 is 0 Å². The Hall–Kier alpha value is -1.77. The number of hydrogen-bond donors (Lipinski definition) is 0. The van der Waals surface area contributed by atoms with Gasteiger partial charge in [0.05, 0.1) is 0 Å². The predicted octanol–water partition coefficient (Wildman–Crippen LogP) is 2.93. The summed E-state index contributed by atoms with van der Waals surface area (Å²) in [5.41, 5.74) is 1.98. The van der Waals surface area contributed by atoms with Crippen molar-refractivity contribution in [2.24, 2.45) is 5.92 Å². The first kappa shape index (κ1) is 11.3. The summed E-state index contributed by atoms with van der Waals surface area (Å²) in [6.45, 7) is 0. The van der Waals surface area contributed by atoms with Gasteiger partial charge in [-0.05, 0) is 43.0 Å². The quantitative estimate of drug-likeness (QED) is 0.810. The average Bonchev–Trinajstić information content (AvgIpc) is 2.42. The number of Topliss-reactive ketones (excluding diaryl/α,β-unsaturated/α-hetero) is 1. The van der Waals surface area contributed by atoms with Crippen LogP contribution in [0, 0.1) is 5.92 Å². The van der Waals surface area contributed by atoms with E-state index in [0.29, 0.717) is 5.78 Å². The molecule has 1 aliphatic rings. The van der Waals surface area contributed by atoms with E-state index in [4.69, 9.17) is 0 Å². The van der Waals surface area contributed by atoms with Crippen LogP contribution in [0.2, 0.25) is 0 Å². The second-order valence-electron chi connectivity index (χ2n) is 4.96. The highest BCUT2D eigenvalue weighted by atomic mass is 16.1. The van der Waals surface area contributed by atoms with Crippen molar-refractivity contribution in [3.05, 3.63) is 36.2 Å². The Bertz CT molecular complexity index is 574. The fraction of sp³-hybridized carbons (Fsp3) is 0.400. The van der Waals surface area contributed by atoms with E-state index in [-0.39, 0.29) is 5.92 Å². The minimum Gasteiger partial charge on any atom is -0.299 e. The summed E-state index contributed by atoms with van der Waals surface area (Å²) >= 11 is 0. The monoisotopic (exact) mass is 240 g/mol. The van der Waals surface area contributed by atoms with Crippen molar-refractivity contribution in [2.75, 3.05) is 0 Å². The smallest absolute Gasteiger partial charge is 0.159 e. The third-order valence-corrected chi connectivity index (χ3v) is 3.75. The molecule has 2 aromatic heterocycles. The van der Waals surface area contributed by atoms with Gasteiger partial charge >= 0.3 is 0 Å². The van der Waals surface area contributed by atoms with Gasteiger partial charge in [0.1, 0.15) is 5.78 Å². The minimum atomic E-state index is 0.199. The molecule has 1 fully saturated rings. The molecule has 1 saturated carbocycles. The molecule has 18 heavy (non-hydrogen) atoms. The molecule has 0 saturated heterocycles. The number of aromatic nitrogens is 2. The van der Waals surface area contributed by atoms with E-state index in [1.54, 1.807) is 12.4 Å². The summed E-state index contributed by atoms with van der Waals surface area (Å²) < 4.78 is 0. The van der Waals surface area contributed by atoms with E-state index in [0.717, 1.165) is 36.7 Å². The maximum Gasteiger partial charge on any atom is 0.159 e. The van der Waals surface area contributed by atoms with Crippen LogP contribution in [-0.4, -0.2) is 15.8 Å². The van der Waals surface area contributed by atoms with Crippen LogP contribution in [0.25, 0.3) is 11.0 Å². The lowest BCUT2D eigenvalue weighted by molar-refractivity contribution is -0.124. The number of fused-ring (bicyclic) bond motifs is 1. The van der Waals surface area contributed by atoms with Gasteiger partial charge in [0, 0.05) is 30.1 Å². The molecule has 0 radical (unpaired) electrons. The van der Waals surface area contributed by atoms with E-state index in [2.05, 4.69) is 9.97 Å². The van der Waals surface area contributed by atoms with Crippen LogP contribution in [0.3, 0.4) is 0 Å². The van der Waals surface area contributed by atoms with Crippen LogP contribution in [0.4, 0.5) is 0 Å². The van der Waals surface area contributed by atoms with Crippen molar-refractivity contribution in [3.8, 4) is 0 Å². The van der Waals surface area contributed by atoms with Gasteiger partial charge in [-0.15, -0.1) is 0 Å². The van der Waals surface area contributed by atoms with Crippen molar-refractivity contribution in [1.82, 2.24) is 9.97 Å². The summed E-state index contributed by atoms with van der Waals surface area (Å²) in [5.74, 6) is 0.625. The lowest BCUT2D eigenvalue weighted by Crippen LogP contribution is -2.21. The third-order valence-electron chi connectivity index (χ3n) is 3.75. The number of hydrogen-bond acceptors (Lipinski definition) is 3. The zero-order valence-corrected chi connectivity index (χ0v) is 10.3. The van der Waals surface area contributed by atoms with Gasteiger partial charge in [-0.3, -0.25) is 4.79 Å². The van der Waals surface area contributed by atoms with Crippen LogP contribution in [0.5, 0.6) is 0 Å². The fourth-order valence-corrected chi connectivity index (χ4v) is 2.75. The molecule has 1 aliphatic carbocycles. The van der Waals surface area contributed by atoms with Gasteiger partial charge in [-0.1, -0.05) is 6.42 Å². The van der Waals surface area contributed by atoms with Gasteiger partial charge in [-0.25, -0.2) is 9.97 Å². The number of rotatable bonds is 2. The Morgan fingerprint density at radius 2 is 2.06 bits per heavy atom. The molecule has 3 rings (SSSR count). The summed E-state index contributed by atoms with van der Waals surface area (Å²) in [5, 5.41) is 1.08. The zero-order valence-electron chi connectivity index (χ0n) is 10.3. The summed E-state index contributed by atoms with van der Waals surface area (Å²) in [7, 11) is 0. The van der Waals surface area contributed by atoms with Gasteiger partial charge in [0.25, 0.3) is 0 Å². The van der Waals surface area contributed by atoms with E-state index < -0.39 is 0 Å². The molecule has 2 aromatic rings. The molecule has 1 atom stereocenters. The van der Waals surface area contributed by atoms with Crippen LogP contribution < -0.4 is 0 Å². The molecule has 0 aliphatic heterocycles. The molecule has 0 unspecified atom stereocenters. The van der Waals surface area contributed by atoms with Gasteiger partial charge in [0.15, 0.2) is 5.65 Å². The standard InChI is InChI=1S/C15H16N2O/c18-14-6-2-1-4-12(14)10-11-7-9-17-15-13(11)5-3-8-16-15/h3,5,7-9,12H,1-2,4,6,10H2/t12-/m0/s1. The molecular formula is C15H16N2O. The molecule has 0 bridgehead atoms. The SMILES string of the molecule is O=C1CCCC[C@H]1Cc1ccnc2ncccc12. The van der Waals surface area contributed by atoms with E-state index in [1.165, 1.54) is 12.0 Å². The largest absolute Gasteiger partial charge is 0.299 e. The second-order valence-corrected chi connectivity index (χ2v) is 4.96. The van der Waals surface area contributed by atoms with E-state index in [9.17, 15) is 4.79 Å². The van der Waals surface area contributed by atoms with Crippen molar-refractivity contribution in [3.63, 3.8) is 0 Å². The van der Waals surface area contributed by atoms with Crippen LogP contribution in [0.1, 0.15) is 31.2 Å². The first-order valence-electron chi connectivity index (χ1n) is 6.56. The Morgan fingerprint density at radius 1 is 1.17 bits per heavy atom. The Morgan fingerprint density at radius 3 is 2.94 bits per heavy atom. The second kappa shape index (κ2) is 4.84. The molecule has 3 heteroatoms. The van der Waals surface area contributed by atoms with Crippen molar-refractivity contribution >= 4 is 16.8 Å². The molecule has 0 spiro atoms. The maximum atomic E-state index is 11.9. The van der Waals surface area contributed by atoms with Crippen LogP contribution in [-0.2, 0) is 11.2 Å². The molecule has 0 aromatic carbocycles. The number of carbonyl (C=O) groups excluding carboxylic acids is 1. The topological polar surface area (TPSA) is 42.9 Å². The zero-order chi connectivity index (χ0) is 12.4. The molecule has 2 heterocycles. The van der Waals surface area contributed by atoms with Gasteiger partial charge < -0.3 is 0 Å². The lowest BCUT2D eigenvalue weighted by atomic mass is 9.83. The first-order chi connectivity index (χ1) is 8.84. The number of pyridine rings is 2. The fourth-order valence-electron chi connectivity index (χ4n) is 2.75. The molecule has 92 valence electrons. The van der Waals surface area contributed by atoms with Crippen molar-refractivity contribution in [2.45, 2.75) is 32.1 Å². The third kappa shape index (κ3) is 2.13. The van der Waals surface area contributed by atoms with E-state index in [1.807, 2.05) is 18.2 Å². The van der Waals surface area contributed by atoms with E-state index >= 15 is 0 Å². The van der Waals surface area contributed by atoms with Crippen molar-refractivity contribution < 1.29 is 4.79 Å². The molecule has 0 amide bonds. The summed E-state index contributed by atoms with van der Waals surface area (Å²) in [4.78, 5) is 20.4. The highest BCUT2D eigenvalue weighted by Gasteiger charge is 2.22. The predicted molar refractivity (Wildman–Crippen MR) is 70.2 cm³/mol. The lowest BCUT2D eigenvalue weighted by Gasteiger charge is -2.20. The normalized spacial score (nSPS) is 20.2. The van der Waals surface area contributed by atoms with Crippen LogP contribution in [0.15, 0.2) is 30.6 Å². The minimum absolute atomic E-state index is 0.199. The summed E-state index contributed by atoms with van der Waals surface area (Å²) in [6, 6.07) is 5.99. The maximum absolute atomic E-state index is 11.9. The Labute approximate surface area is 106 Å². The van der Waals surface area contributed by atoms with Gasteiger partial charge in [0.2, 0.25) is 0 Å². The highest BCUT2D eigenvalue weighted by molar-refractivity contribution is 5.83. The average molecular weight is 240 g/mol.